The molecule has 0 saturated carbocycles. The number of hydrogen-bond donors (Lipinski definition) is 2. The zero-order chi connectivity index (χ0) is 15.2. The summed E-state index contributed by atoms with van der Waals surface area (Å²) in [5.74, 6) is 0.512. The Balaban J connectivity index is 1.49. The third kappa shape index (κ3) is 3.60. The maximum Gasteiger partial charge on any atom is 0.315 e. The first kappa shape index (κ1) is 14.1. The van der Waals surface area contributed by atoms with Crippen LogP contribution in [-0.2, 0) is 17.9 Å². The van der Waals surface area contributed by atoms with E-state index in [1.54, 1.807) is 12.4 Å². The highest BCUT2D eigenvalue weighted by molar-refractivity contribution is 5.86. The largest absolute Gasteiger partial charge is 0.474 e. The maximum atomic E-state index is 11.8. The predicted octanol–water partition coefficient (Wildman–Crippen LogP) is 2.14. The number of urea groups is 1. The molecule has 1 aromatic carbocycles. The van der Waals surface area contributed by atoms with Crippen molar-refractivity contribution in [1.29, 1.82) is 0 Å². The van der Waals surface area contributed by atoms with Gasteiger partial charge in [-0.15, -0.1) is 0 Å². The van der Waals surface area contributed by atoms with Crippen LogP contribution in [0.2, 0.25) is 0 Å². The molecule has 1 aliphatic heterocycles. The number of carbonyl (C=O) groups is 1. The molecular formula is C16H16N4O2. The molecule has 0 bridgehead atoms. The first-order valence-electron chi connectivity index (χ1n) is 7.00. The first-order chi connectivity index (χ1) is 10.8. The summed E-state index contributed by atoms with van der Waals surface area (Å²) in [7, 11) is 0. The minimum absolute atomic E-state index is 0.260. The zero-order valence-electron chi connectivity index (χ0n) is 12.0. The van der Waals surface area contributed by atoms with E-state index in [2.05, 4.69) is 20.6 Å². The molecule has 0 fully saturated rings. The number of aromatic nitrogens is 1. The van der Waals surface area contributed by atoms with Gasteiger partial charge in [0.2, 0.25) is 5.90 Å². The predicted molar refractivity (Wildman–Crippen MR) is 82.8 cm³/mol. The van der Waals surface area contributed by atoms with Gasteiger partial charge in [0, 0.05) is 24.5 Å². The Morgan fingerprint density at radius 2 is 1.86 bits per heavy atom. The van der Waals surface area contributed by atoms with Crippen LogP contribution in [0, 0.1) is 0 Å². The van der Waals surface area contributed by atoms with E-state index in [-0.39, 0.29) is 12.6 Å². The van der Waals surface area contributed by atoms with Crippen molar-refractivity contribution in [3.8, 4) is 0 Å². The molecule has 1 aromatic heterocycles. The highest BCUT2D eigenvalue weighted by atomic mass is 16.5. The van der Waals surface area contributed by atoms with Gasteiger partial charge in [0.1, 0.15) is 6.61 Å². The van der Waals surface area contributed by atoms with E-state index in [0.717, 1.165) is 16.8 Å². The van der Waals surface area contributed by atoms with Crippen molar-refractivity contribution in [2.75, 3.05) is 6.54 Å². The molecule has 112 valence electrons. The minimum atomic E-state index is -0.262. The number of amides is 2. The summed E-state index contributed by atoms with van der Waals surface area (Å²) in [5.41, 5.74) is 2.93. The molecule has 2 aromatic rings. The van der Waals surface area contributed by atoms with Gasteiger partial charge in [-0.3, -0.25) is 4.98 Å². The van der Waals surface area contributed by atoms with Crippen LogP contribution in [0.1, 0.15) is 11.1 Å². The lowest BCUT2D eigenvalue weighted by Crippen LogP contribution is -2.38. The fraction of sp³-hybridized carbons (Fsp3) is 0.188. The average Bonchev–Trinajstić information content (AvgIpc) is 2.59. The molecule has 2 N–H and O–H groups in total. The fourth-order valence-electron chi connectivity index (χ4n) is 2.06. The summed E-state index contributed by atoms with van der Waals surface area (Å²) >= 11 is 0. The molecule has 0 atom stereocenters. The quantitative estimate of drug-likeness (QED) is 0.907. The van der Waals surface area contributed by atoms with Crippen LogP contribution >= 0.6 is 0 Å². The molecule has 0 aliphatic carbocycles. The second-order valence-corrected chi connectivity index (χ2v) is 4.81. The van der Waals surface area contributed by atoms with Crippen molar-refractivity contribution in [3.05, 3.63) is 59.9 Å². The Bertz CT molecular complexity index is 686. The van der Waals surface area contributed by atoms with Crippen molar-refractivity contribution < 1.29 is 9.53 Å². The second kappa shape index (κ2) is 6.71. The van der Waals surface area contributed by atoms with Crippen LogP contribution in [0.15, 0.2) is 53.8 Å². The number of nitrogens with one attached hydrogen (secondary N) is 2. The van der Waals surface area contributed by atoms with Crippen molar-refractivity contribution in [1.82, 2.24) is 15.6 Å². The van der Waals surface area contributed by atoms with Crippen LogP contribution in [0.5, 0.6) is 0 Å². The molecule has 0 spiro atoms. The topological polar surface area (TPSA) is 75.6 Å². The van der Waals surface area contributed by atoms with E-state index in [1.807, 2.05) is 36.4 Å². The lowest BCUT2D eigenvalue weighted by Gasteiger charge is -2.17. The second-order valence-electron chi connectivity index (χ2n) is 4.81. The molecule has 0 unspecified atom stereocenters. The summed E-state index contributed by atoms with van der Waals surface area (Å²) < 4.78 is 5.52. The van der Waals surface area contributed by atoms with Crippen molar-refractivity contribution in [2.45, 2.75) is 13.2 Å². The van der Waals surface area contributed by atoms with Gasteiger partial charge >= 0.3 is 6.03 Å². The number of pyridine rings is 1. The monoisotopic (exact) mass is 296 g/mol. The van der Waals surface area contributed by atoms with Gasteiger partial charge in [-0.1, -0.05) is 18.2 Å². The van der Waals surface area contributed by atoms with E-state index in [4.69, 9.17) is 4.74 Å². The van der Waals surface area contributed by atoms with Crippen molar-refractivity contribution in [3.63, 3.8) is 0 Å². The van der Waals surface area contributed by atoms with E-state index in [0.29, 0.717) is 19.0 Å². The number of para-hydroxylation sites is 1. The lowest BCUT2D eigenvalue weighted by atomic mass is 10.2. The molecule has 3 rings (SSSR count). The van der Waals surface area contributed by atoms with Crippen LogP contribution in [0.25, 0.3) is 0 Å². The average molecular weight is 296 g/mol. The summed E-state index contributed by atoms with van der Waals surface area (Å²) in [6.45, 7) is 1.19. The normalized spacial score (nSPS) is 12.6. The van der Waals surface area contributed by atoms with Gasteiger partial charge in [0.05, 0.1) is 12.2 Å². The molecule has 2 amide bonds. The molecule has 6 nitrogen and oxygen atoms in total. The smallest absolute Gasteiger partial charge is 0.315 e. The number of rotatable bonds is 4. The van der Waals surface area contributed by atoms with Gasteiger partial charge in [-0.2, -0.15) is 0 Å². The minimum Gasteiger partial charge on any atom is -0.474 e. The Morgan fingerprint density at radius 3 is 2.73 bits per heavy atom. The highest BCUT2D eigenvalue weighted by Gasteiger charge is 2.12. The Kier molecular flexibility index (Phi) is 4.29. The van der Waals surface area contributed by atoms with Crippen LogP contribution in [0.3, 0.4) is 0 Å². The zero-order valence-corrected chi connectivity index (χ0v) is 12.0. The van der Waals surface area contributed by atoms with E-state index >= 15 is 0 Å². The third-order valence-corrected chi connectivity index (χ3v) is 3.23. The van der Waals surface area contributed by atoms with Gasteiger partial charge in [-0.05, 0) is 23.8 Å². The molecular weight excluding hydrogens is 280 g/mol. The van der Waals surface area contributed by atoms with Crippen molar-refractivity contribution >= 4 is 17.6 Å². The van der Waals surface area contributed by atoms with E-state index < -0.39 is 0 Å². The van der Waals surface area contributed by atoms with E-state index in [9.17, 15) is 4.79 Å². The summed E-state index contributed by atoms with van der Waals surface area (Å²) in [6, 6.07) is 11.2. The maximum absolute atomic E-state index is 11.8. The third-order valence-electron chi connectivity index (χ3n) is 3.23. The summed E-state index contributed by atoms with van der Waals surface area (Å²) in [6.07, 6.45) is 3.38. The molecule has 6 heteroatoms. The number of hydrogen-bond acceptors (Lipinski definition) is 4. The Hall–Kier alpha value is -2.89. The molecule has 2 heterocycles. The number of nitrogens with zero attached hydrogens (tertiary/aromatic N) is 2. The lowest BCUT2D eigenvalue weighted by molar-refractivity contribution is 0.239. The van der Waals surface area contributed by atoms with Gasteiger partial charge < -0.3 is 15.4 Å². The Morgan fingerprint density at radius 1 is 1.09 bits per heavy atom. The van der Waals surface area contributed by atoms with E-state index in [1.165, 1.54) is 0 Å². The number of fused-ring (bicyclic) bond motifs is 1. The standard InChI is InChI=1S/C16H16N4O2/c21-16(18-9-12-5-7-17-8-6-12)19-10-15-20-14-4-2-1-3-13(14)11-22-15/h1-8H,9-11H2,(H2,18,19,21). The number of ether oxygens (including phenoxy) is 1. The number of carbonyl (C=O) groups excluding carboxylic acids is 1. The van der Waals surface area contributed by atoms with Crippen LogP contribution in [0.4, 0.5) is 10.5 Å². The SMILES string of the molecule is O=C(NCC1=Nc2ccccc2CO1)NCc1ccncc1. The highest BCUT2D eigenvalue weighted by Crippen LogP contribution is 2.23. The molecule has 22 heavy (non-hydrogen) atoms. The first-order valence-corrected chi connectivity index (χ1v) is 7.00. The van der Waals surface area contributed by atoms with Crippen LogP contribution in [-0.4, -0.2) is 23.5 Å². The Labute approximate surface area is 128 Å². The molecule has 1 aliphatic rings. The fourth-order valence-corrected chi connectivity index (χ4v) is 2.06. The van der Waals surface area contributed by atoms with Crippen molar-refractivity contribution in [2.24, 2.45) is 4.99 Å². The molecule has 0 radical (unpaired) electrons. The summed E-state index contributed by atoms with van der Waals surface area (Å²) in [4.78, 5) is 20.1. The van der Waals surface area contributed by atoms with Gasteiger partial charge in [0.25, 0.3) is 0 Å². The van der Waals surface area contributed by atoms with Crippen LogP contribution < -0.4 is 10.6 Å². The number of benzene rings is 1. The van der Waals surface area contributed by atoms with Gasteiger partial charge in [0.15, 0.2) is 0 Å². The number of aliphatic imine (C=N–C) groups is 1. The molecule has 0 saturated heterocycles. The summed E-state index contributed by atoms with van der Waals surface area (Å²) in [5, 5.41) is 5.50. The van der Waals surface area contributed by atoms with Gasteiger partial charge in [-0.25, -0.2) is 9.79 Å².